The van der Waals surface area contributed by atoms with E-state index in [4.69, 9.17) is 0 Å². The summed E-state index contributed by atoms with van der Waals surface area (Å²) in [6.45, 7) is 0. The molecular formula is C22H15F2N5O. The van der Waals surface area contributed by atoms with E-state index in [0.717, 1.165) is 0 Å². The first-order valence-electron chi connectivity index (χ1n) is 9.21. The number of halogens is 2. The van der Waals surface area contributed by atoms with E-state index >= 15 is 0 Å². The number of hydrogen-bond donors (Lipinski definition) is 1. The smallest absolute Gasteiger partial charge is 0.262 e. The van der Waals surface area contributed by atoms with Crippen molar-refractivity contribution < 1.29 is 13.6 Å². The van der Waals surface area contributed by atoms with Crippen molar-refractivity contribution in [2.75, 3.05) is 10.2 Å². The van der Waals surface area contributed by atoms with Crippen molar-refractivity contribution >= 4 is 17.3 Å². The molecule has 4 aromatic rings. The molecule has 0 bridgehead atoms. The number of rotatable bonds is 3. The fraction of sp³-hybridized carbons (Fsp3) is 0.0455. The SMILES string of the molecule is O=C1c2ccccc2NC(c2ccc(-n3cncn3)c(F)c2)N1c1ccc(F)cc1. The van der Waals surface area contributed by atoms with Crippen LogP contribution >= 0.6 is 0 Å². The second-order valence-electron chi connectivity index (χ2n) is 6.79. The fourth-order valence-electron chi connectivity index (χ4n) is 3.57. The fourth-order valence-corrected chi connectivity index (χ4v) is 3.57. The molecule has 0 saturated carbocycles. The highest BCUT2D eigenvalue weighted by molar-refractivity contribution is 6.12. The number of aromatic nitrogens is 3. The summed E-state index contributed by atoms with van der Waals surface area (Å²) in [5.41, 5.74) is 2.40. The van der Waals surface area contributed by atoms with E-state index in [9.17, 15) is 13.6 Å². The predicted octanol–water partition coefficient (Wildman–Crippen LogP) is 4.32. The van der Waals surface area contributed by atoms with Gasteiger partial charge in [0.25, 0.3) is 5.91 Å². The van der Waals surface area contributed by atoms with Gasteiger partial charge < -0.3 is 5.32 Å². The number of para-hydroxylation sites is 1. The molecule has 3 aromatic carbocycles. The summed E-state index contributed by atoms with van der Waals surface area (Å²) in [6.07, 6.45) is 2.04. The van der Waals surface area contributed by atoms with Gasteiger partial charge in [-0.05, 0) is 54.1 Å². The Morgan fingerprint density at radius 3 is 2.50 bits per heavy atom. The average Bonchev–Trinajstić information content (AvgIpc) is 3.29. The third kappa shape index (κ3) is 2.98. The van der Waals surface area contributed by atoms with Crippen LogP contribution in [0.4, 0.5) is 20.2 Å². The van der Waals surface area contributed by atoms with Gasteiger partial charge in [0, 0.05) is 11.4 Å². The lowest BCUT2D eigenvalue weighted by molar-refractivity contribution is 0.0975. The summed E-state index contributed by atoms with van der Waals surface area (Å²) in [6, 6.07) is 17.4. The minimum Gasteiger partial charge on any atom is -0.360 e. The number of anilines is 2. The summed E-state index contributed by atoms with van der Waals surface area (Å²) < 4.78 is 29.7. The van der Waals surface area contributed by atoms with Gasteiger partial charge in [-0.3, -0.25) is 9.69 Å². The zero-order valence-corrected chi connectivity index (χ0v) is 15.5. The molecule has 0 spiro atoms. The van der Waals surface area contributed by atoms with Gasteiger partial charge in [0.1, 0.15) is 36.1 Å². The third-order valence-corrected chi connectivity index (χ3v) is 4.98. The standard InChI is InChI=1S/C22H15F2N5O/c23-15-6-8-16(9-7-15)29-21(27-19-4-2-1-3-17(19)22(29)30)14-5-10-20(18(24)11-14)28-13-25-12-26-28/h1-13,21,27H. The Balaban J connectivity index is 1.62. The molecule has 1 N–H and O–H groups in total. The van der Waals surface area contributed by atoms with Crippen LogP contribution in [-0.2, 0) is 0 Å². The van der Waals surface area contributed by atoms with E-state index in [1.54, 1.807) is 30.3 Å². The molecule has 0 radical (unpaired) electrons. The predicted molar refractivity (Wildman–Crippen MR) is 107 cm³/mol. The van der Waals surface area contributed by atoms with Crippen LogP contribution in [0.3, 0.4) is 0 Å². The third-order valence-electron chi connectivity index (χ3n) is 4.98. The molecule has 5 rings (SSSR count). The average molecular weight is 403 g/mol. The molecule has 2 heterocycles. The van der Waals surface area contributed by atoms with Crippen molar-refractivity contribution in [3.63, 3.8) is 0 Å². The molecular weight excluding hydrogens is 388 g/mol. The minimum atomic E-state index is -0.683. The second-order valence-corrected chi connectivity index (χ2v) is 6.79. The van der Waals surface area contributed by atoms with Gasteiger partial charge in [0.2, 0.25) is 0 Å². The molecule has 6 nitrogen and oxygen atoms in total. The maximum Gasteiger partial charge on any atom is 0.262 e. The lowest BCUT2D eigenvalue weighted by Crippen LogP contribution is -2.43. The Kier molecular flexibility index (Phi) is 4.24. The van der Waals surface area contributed by atoms with Crippen molar-refractivity contribution in [3.05, 3.63) is 102 Å². The Morgan fingerprint density at radius 1 is 0.967 bits per heavy atom. The van der Waals surface area contributed by atoms with Crippen LogP contribution in [0.15, 0.2) is 79.4 Å². The maximum atomic E-state index is 14.9. The van der Waals surface area contributed by atoms with Crippen molar-refractivity contribution in [2.24, 2.45) is 0 Å². The molecule has 1 unspecified atom stereocenters. The maximum absolute atomic E-state index is 14.9. The number of carbonyl (C=O) groups is 1. The van der Waals surface area contributed by atoms with E-state index in [-0.39, 0.29) is 11.6 Å². The van der Waals surface area contributed by atoms with E-state index in [0.29, 0.717) is 22.5 Å². The Bertz CT molecular complexity index is 1220. The molecule has 1 aliphatic rings. The molecule has 0 saturated heterocycles. The Hall–Kier alpha value is -4.07. The number of amides is 1. The summed E-state index contributed by atoms with van der Waals surface area (Å²) in [5, 5.41) is 7.25. The van der Waals surface area contributed by atoms with Crippen LogP contribution in [0.2, 0.25) is 0 Å². The van der Waals surface area contributed by atoms with Gasteiger partial charge >= 0.3 is 0 Å². The van der Waals surface area contributed by atoms with Crippen molar-refractivity contribution in [2.45, 2.75) is 6.17 Å². The lowest BCUT2D eigenvalue weighted by Gasteiger charge is -2.38. The zero-order valence-electron chi connectivity index (χ0n) is 15.5. The second kappa shape index (κ2) is 7.07. The van der Waals surface area contributed by atoms with Crippen LogP contribution in [0.25, 0.3) is 5.69 Å². The first-order valence-corrected chi connectivity index (χ1v) is 9.21. The van der Waals surface area contributed by atoms with Gasteiger partial charge in [-0.1, -0.05) is 18.2 Å². The monoisotopic (exact) mass is 403 g/mol. The number of benzene rings is 3. The minimum absolute atomic E-state index is 0.243. The summed E-state index contributed by atoms with van der Waals surface area (Å²) in [4.78, 5) is 18.6. The highest BCUT2D eigenvalue weighted by Crippen LogP contribution is 2.37. The van der Waals surface area contributed by atoms with Crippen LogP contribution in [0, 0.1) is 11.6 Å². The Morgan fingerprint density at radius 2 is 1.77 bits per heavy atom. The Labute approximate surface area is 170 Å². The molecule has 1 aliphatic heterocycles. The molecule has 8 heteroatoms. The van der Waals surface area contributed by atoms with Gasteiger partial charge in [0.05, 0.1) is 5.56 Å². The van der Waals surface area contributed by atoms with Crippen molar-refractivity contribution in [3.8, 4) is 5.69 Å². The van der Waals surface area contributed by atoms with Crippen LogP contribution in [0.1, 0.15) is 22.1 Å². The molecule has 1 atom stereocenters. The summed E-state index contributed by atoms with van der Waals surface area (Å²) in [5.74, 6) is -1.18. The topological polar surface area (TPSA) is 63.1 Å². The van der Waals surface area contributed by atoms with Crippen molar-refractivity contribution in [1.82, 2.24) is 14.8 Å². The van der Waals surface area contributed by atoms with Gasteiger partial charge in [-0.15, -0.1) is 0 Å². The normalized spacial score (nSPS) is 15.6. The molecule has 1 aromatic heterocycles. The summed E-state index contributed by atoms with van der Waals surface area (Å²) in [7, 11) is 0. The van der Waals surface area contributed by atoms with Crippen LogP contribution in [-0.4, -0.2) is 20.7 Å². The molecule has 30 heavy (non-hydrogen) atoms. The molecule has 0 aliphatic carbocycles. The highest BCUT2D eigenvalue weighted by Gasteiger charge is 2.34. The van der Waals surface area contributed by atoms with Gasteiger partial charge in [-0.25, -0.2) is 18.4 Å². The van der Waals surface area contributed by atoms with Crippen LogP contribution in [0.5, 0.6) is 0 Å². The number of carbonyl (C=O) groups excluding carboxylic acids is 1. The largest absolute Gasteiger partial charge is 0.360 e. The van der Waals surface area contributed by atoms with Gasteiger partial charge in [-0.2, -0.15) is 5.10 Å². The van der Waals surface area contributed by atoms with Crippen LogP contribution < -0.4 is 10.2 Å². The number of nitrogens with zero attached hydrogens (tertiary/aromatic N) is 4. The first-order chi connectivity index (χ1) is 14.6. The first kappa shape index (κ1) is 18.0. The zero-order chi connectivity index (χ0) is 20.7. The lowest BCUT2D eigenvalue weighted by atomic mass is 10.0. The molecule has 0 fully saturated rings. The van der Waals surface area contributed by atoms with Gasteiger partial charge in [0.15, 0.2) is 0 Å². The molecule has 1 amide bonds. The van der Waals surface area contributed by atoms with E-state index < -0.39 is 17.8 Å². The number of fused-ring (bicyclic) bond motifs is 1. The number of nitrogens with one attached hydrogen (secondary N) is 1. The highest BCUT2D eigenvalue weighted by atomic mass is 19.1. The summed E-state index contributed by atoms with van der Waals surface area (Å²) >= 11 is 0. The quantitative estimate of drug-likeness (QED) is 0.554. The van der Waals surface area contributed by atoms with Crippen molar-refractivity contribution in [1.29, 1.82) is 0 Å². The van der Waals surface area contributed by atoms with E-state index in [1.807, 2.05) is 6.07 Å². The molecule has 148 valence electrons. The number of hydrogen-bond acceptors (Lipinski definition) is 4. The van der Waals surface area contributed by atoms with E-state index in [2.05, 4.69) is 15.4 Å². The van der Waals surface area contributed by atoms with E-state index in [1.165, 1.54) is 52.6 Å².